The zero-order chi connectivity index (χ0) is 13.1. The Hall–Kier alpha value is -1.20. The van der Waals surface area contributed by atoms with E-state index in [0.29, 0.717) is 11.0 Å². The van der Waals surface area contributed by atoms with Crippen LogP contribution < -0.4 is 5.32 Å². The molecule has 2 aromatic rings. The topological polar surface area (TPSA) is 29.9 Å². The molecule has 1 atom stereocenters. The normalized spacial score (nSPS) is 12.7. The van der Waals surface area contributed by atoms with Gasteiger partial charge in [0.25, 0.3) is 0 Å². The van der Waals surface area contributed by atoms with Gasteiger partial charge in [-0.3, -0.25) is 4.68 Å². The lowest BCUT2D eigenvalue weighted by atomic mass is 10.2. The Morgan fingerprint density at radius 2 is 2.28 bits per heavy atom. The Labute approximate surface area is 114 Å². The zero-order valence-corrected chi connectivity index (χ0v) is 11.9. The highest BCUT2D eigenvalue weighted by molar-refractivity contribution is 9.10. The summed E-state index contributed by atoms with van der Waals surface area (Å²) in [5.41, 5.74) is 2.15. The molecule has 2 rings (SSSR count). The second-order valence-corrected chi connectivity index (χ2v) is 5.08. The summed E-state index contributed by atoms with van der Waals surface area (Å²) in [5.74, 6) is -0.247. The van der Waals surface area contributed by atoms with Crippen molar-refractivity contribution in [2.24, 2.45) is 0 Å². The number of hydrogen-bond donors (Lipinski definition) is 1. The average Bonchev–Trinajstić information content (AvgIpc) is 2.81. The SMILES string of the molecule is CNC(C)c1cnn(Cc2ccc(F)c(Br)c2)c1. The summed E-state index contributed by atoms with van der Waals surface area (Å²) in [6.07, 6.45) is 3.85. The third-order valence-corrected chi connectivity index (χ3v) is 3.52. The predicted molar refractivity (Wildman–Crippen MR) is 72.9 cm³/mol. The summed E-state index contributed by atoms with van der Waals surface area (Å²) in [5, 5.41) is 7.46. The van der Waals surface area contributed by atoms with Gasteiger partial charge in [0.05, 0.1) is 17.2 Å². The molecular formula is C13H15BrFN3. The maximum absolute atomic E-state index is 13.1. The van der Waals surface area contributed by atoms with E-state index in [1.165, 1.54) is 6.07 Å². The molecule has 0 amide bonds. The first-order valence-electron chi connectivity index (χ1n) is 5.73. The fourth-order valence-electron chi connectivity index (χ4n) is 1.68. The molecular weight excluding hydrogens is 297 g/mol. The molecule has 0 aliphatic carbocycles. The molecule has 1 unspecified atom stereocenters. The molecule has 18 heavy (non-hydrogen) atoms. The van der Waals surface area contributed by atoms with Gasteiger partial charge in [-0.25, -0.2) is 4.39 Å². The minimum absolute atomic E-state index is 0.247. The number of benzene rings is 1. The highest BCUT2D eigenvalue weighted by Gasteiger charge is 2.06. The Balaban J connectivity index is 2.13. The Morgan fingerprint density at radius 3 is 2.94 bits per heavy atom. The molecule has 0 aliphatic rings. The number of aromatic nitrogens is 2. The lowest BCUT2D eigenvalue weighted by molar-refractivity contribution is 0.617. The highest BCUT2D eigenvalue weighted by atomic mass is 79.9. The van der Waals surface area contributed by atoms with E-state index < -0.39 is 0 Å². The molecule has 96 valence electrons. The third kappa shape index (κ3) is 2.97. The molecule has 0 fully saturated rings. The maximum Gasteiger partial charge on any atom is 0.137 e. The van der Waals surface area contributed by atoms with Crippen LogP contribution in [0.3, 0.4) is 0 Å². The first-order valence-corrected chi connectivity index (χ1v) is 6.53. The van der Waals surface area contributed by atoms with Crippen LogP contribution >= 0.6 is 15.9 Å². The molecule has 3 nitrogen and oxygen atoms in total. The summed E-state index contributed by atoms with van der Waals surface area (Å²) in [6, 6.07) is 5.28. The standard InChI is InChI=1S/C13H15BrFN3/c1-9(16-2)11-6-17-18(8-11)7-10-3-4-13(15)12(14)5-10/h3-6,8-9,16H,7H2,1-2H3. The Bertz CT molecular complexity index is 539. The quantitative estimate of drug-likeness (QED) is 0.940. The van der Waals surface area contributed by atoms with E-state index in [1.807, 2.05) is 24.1 Å². The van der Waals surface area contributed by atoms with Crippen molar-refractivity contribution in [3.05, 3.63) is 52.0 Å². The zero-order valence-electron chi connectivity index (χ0n) is 10.3. The molecule has 0 saturated heterocycles. The number of nitrogens with zero attached hydrogens (tertiary/aromatic N) is 2. The summed E-state index contributed by atoms with van der Waals surface area (Å²) < 4.78 is 15.4. The second kappa shape index (κ2) is 5.63. The Morgan fingerprint density at radius 1 is 1.50 bits per heavy atom. The summed E-state index contributed by atoms with van der Waals surface area (Å²) >= 11 is 3.18. The average molecular weight is 312 g/mol. The van der Waals surface area contributed by atoms with E-state index >= 15 is 0 Å². The van der Waals surface area contributed by atoms with E-state index in [2.05, 4.69) is 33.3 Å². The second-order valence-electron chi connectivity index (χ2n) is 4.23. The van der Waals surface area contributed by atoms with Gasteiger partial charge in [0, 0.05) is 17.8 Å². The van der Waals surface area contributed by atoms with Gasteiger partial charge in [-0.2, -0.15) is 5.10 Å². The van der Waals surface area contributed by atoms with Crippen molar-refractivity contribution in [2.75, 3.05) is 7.05 Å². The van der Waals surface area contributed by atoms with Gasteiger partial charge in [-0.05, 0) is 47.6 Å². The number of halogens is 2. The van der Waals surface area contributed by atoms with Crippen molar-refractivity contribution in [1.29, 1.82) is 0 Å². The first-order chi connectivity index (χ1) is 8.60. The van der Waals surface area contributed by atoms with Crippen LogP contribution in [-0.2, 0) is 6.54 Å². The van der Waals surface area contributed by atoms with Crippen LogP contribution in [0.15, 0.2) is 35.1 Å². The first kappa shape index (κ1) is 13.2. The largest absolute Gasteiger partial charge is 0.313 e. The van der Waals surface area contributed by atoms with Crippen LogP contribution in [0.2, 0.25) is 0 Å². The van der Waals surface area contributed by atoms with E-state index in [0.717, 1.165) is 11.1 Å². The van der Waals surface area contributed by atoms with Crippen LogP contribution in [-0.4, -0.2) is 16.8 Å². The molecule has 5 heteroatoms. The van der Waals surface area contributed by atoms with E-state index in [1.54, 1.807) is 12.1 Å². The lowest BCUT2D eigenvalue weighted by Crippen LogP contribution is -2.11. The highest BCUT2D eigenvalue weighted by Crippen LogP contribution is 2.18. The van der Waals surface area contributed by atoms with Crippen molar-refractivity contribution in [2.45, 2.75) is 19.5 Å². The van der Waals surface area contributed by atoms with Gasteiger partial charge in [-0.1, -0.05) is 6.07 Å². The van der Waals surface area contributed by atoms with Gasteiger partial charge >= 0.3 is 0 Å². The molecule has 0 saturated carbocycles. The van der Waals surface area contributed by atoms with Crippen LogP contribution in [0.25, 0.3) is 0 Å². The van der Waals surface area contributed by atoms with Gasteiger partial charge in [0.2, 0.25) is 0 Å². The molecule has 1 heterocycles. The summed E-state index contributed by atoms with van der Waals surface area (Å²) in [7, 11) is 1.92. The smallest absolute Gasteiger partial charge is 0.137 e. The number of rotatable bonds is 4. The lowest BCUT2D eigenvalue weighted by Gasteiger charge is -2.06. The minimum Gasteiger partial charge on any atom is -0.313 e. The summed E-state index contributed by atoms with van der Waals surface area (Å²) in [6.45, 7) is 2.71. The van der Waals surface area contributed by atoms with Crippen molar-refractivity contribution in [3.63, 3.8) is 0 Å². The van der Waals surface area contributed by atoms with Gasteiger partial charge in [-0.15, -0.1) is 0 Å². The van der Waals surface area contributed by atoms with E-state index in [-0.39, 0.29) is 11.9 Å². The Kier molecular flexibility index (Phi) is 4.14. The fourth-order valence-corrected chi connectivity index (χ4v) is 2.11. The summed E-state index contributed by atoms with van der Waals surface area (Å²) in [4.78, 5) is 0. The van der Waals surface area contributed by atoms with Crippen LogP contribution in [0.1, 0.15) is 24.1 Å². The van der Waals surface area contributed by atoms with Crippen molar-refractivity contribution in [1.82, 2.24) is 15.1 Å². The minimum atomic E-state index is -0.247. The fraction of sp³-hybridized carbons (Fsp3) is 0.308. The number of hydrogen-bond acceptors (Lipinski definition) is 2. The maximum atomic E-state index is 13.1. The molecule has 0 bridgehead atoms. The molecule has 1 aromatic heterocycles. The molecule has 0 spiro atoms. The third-order valence-electron chi connectivity index (χ3n) is 2.91. The molecule has 1 aromatic carbocycles. The van der Waals surface area contributed by atoms with Crippen LogP contribution in [0.4, 0.5) is 4.39 Å². The van der Waals surface area contributed by atoms with Crippen molar-refractivity contribution in [3.8, 4) is 0 Å². The van der Waals surface area contributed by atoms with E-state index in [9.17, 15) is 4.39 Å². The van der Waals surface area contributed by atoms with E-state index in [4.69, 9.17) is 0 Å². The van der Waals surface area contributed by atoms with Crippen LogP contribution in [0, 0.1) is 5.82 Å². The molecule has 0 aliphatic heterocycles. The van der Waals surface area contributed by atoms with Crippen molar-refractivity contribution >= 4 is 15.9 Å². The molecule has 0 radical (unpaired) electrons. The van der Waals surface area contributed by atoms with Gasteiger partial charge in [0.1, 0.15) is 5.82 Å². The van der Waals surface area contributed by atoms with Crippen molar-refractivity contribution < 1.29 is 4.39 Å². The predicted octanol–water partition coefficient (Wildman–Crippen LogP) is 3.11. The molecule has 1 N–H and O–H groups in total. The monoisotopic (exact) mass is 311 g/mol. The van der Waals surface area contributed by atoms with Crippen LogP contribution in [0.5, 0.6) is 0 Å². The number of nitrogens with one attached hydrogen (secondary N) is 1. The van der Waals surface area contributed by atoms with Gasteiger partial charge in [0.15, 0.2) is 0 Å². The van der Waals surface area contributed by atoms with Gasteiger partial charge < -0.3 is 5.32 Å².